The van der Waals surface area contributed by atoms with Crippen LogP contribution in [-0.2, 0) is 0 Å². The van der Waals surface area contributed by atoms with Crippen molar-refractivity contribution >= 4 is 23.4 Å². The van der Waals surface area contributed by atoms with Gasteiger partial charge in [0.15, 0.2) is 11.4 Å². The van der Waals surface area contributed by atoms with Crippen LogP contribution in [0.4, 0.5) is 10.7 Å². The number of carbonyl (C=O) groups excluding carboxylic acids is 2. The predicted molar refractivity (Wildman–Crippen MR) is 96.0 cm³/mol. The normalized spacial score (nSPS) is 13.6. The summed E-state index contributed by atoms with van der Waals surface area (Å²) in [6, 6.07) is 7.03. The second-order valence-electron chi connectivity index (χ2n) is 6.20. The van der Waals surface area contributed by atoms with E-state index in [9.17, 15) is 9.59 Å². The van der Waals surface area contributed by atoms with E-state index in [0.717, 1.165) is 24.0 Å². The molecule has 8 heteroatoms. The van der Waals surface area contributed by atoms with E-state index in [1.54, 1.807) is 12.4 Å². The number of carbonyl (C=O) groups is 2. The third kappa shape index (κ3) is 3.13. The molecule has 0 saturated heterocycles. The van der Waals surface area contributed by atoms with E-state index < -0.39 is 0 Å². The molecular formula is C18H18N6O2. The third-order valence-corrected chi connectivity index (χ3v) is 4.20. The van der Waals surface area contributed by atoms with Crippen LogP contribution in [0.3, 0.4) is 0 Å². The number of hydrogen-bond acceptors (Lipinski definition) is 5. The van der Waals surface area contributed by atoms with Gasteiger partial charge in [-0.15, -0.1) is 5.10 Å². The van der Waals surface area contributed by atoms with Gasteiger partial charge in [-0.25, -0.2) is 9.31 Å². The van der Waals surface area contributed by atoms with E-state index in [4.69, 9.17) is 0 Å². The Balaban J connectivity index is 1.80. The van der Waals surface area contributed by atoms with Gasteiger partial charge in [0.2, 0.25) is 0 Å². The van der Waals surface area contributed by atoms with Gasteiger partial charge in [-0.3, -0.25) is 15.1 Å². The Bertz CT molecular complexity index is 978. The lowest BCUT2D eigenvalue weighted by Gasteiger charge is -2.07. The van der Waals surface area contributed by atoms with Crippen LogP contribution in [0.25, 0.3) is 16.8 Å². The van der Waals surface area contributed by atoms with Crippen LogP contribution in [0.2, 0.25) is 0 Å². The molecule has 3 aromatic rings. The van der Waals surface area contributed by atoms with E-state index in [-0.39, 0.29) is 23.7 Å². The maximum absolute atomic E-state index is 12.7. The molecule has 0 aliphatic heterocycles. The predicted octanol–water partition coefficient (Wildman–Crippen LogP) is 2.53. The SMILES string of the molecule is CCNC(=O)Nc1nc2cc(-c3cccnc3)cc(C(=O)C3CC3)n2n1. The minimum atomic E-state index is -0.383. The fraction of sp³-hybridized carbons (Fsp3) is 0.278. The van der Waals surface area contributed by atoms with E-state index in [0.29, 0.717) is 17.9 Å². The molecule has 0 atom stereocenters. The second kappa shape index (κ2) is 6.55. The molecule has 1 saturated carbocycles. The molecule has 0 bridgehead atoms. The van der Waals surface area contributed by atoms with Gasteiger partial charge in [-0.05, 0) is 43.5 Å². The van der Waals surface area contributed by atoms with Crippen LogP contribution >= 0.6 is 0 Å². The summed E-state index contributed by atoms with van der Waals surface area (Å²) in [6.07, 6.45) is 5.23. The molecule has 1 aliphatic rings. The van der Waals surface area contributed by atoms with Gasteiger partial charge >= 0.3 is 6.03 Å². The number of Topliss-reactive ketones (excluding diaryl/α,β-unsaturated/α-hetero) is 1. The minimum Gasteiger partial charge on any atom is -0.338 e. The fourth-order valence-corrected chi connectivity index (χ4v) is 2.77. The number of rotatable bonds is 5. The molecule has 26 heavy (non-hydrogen) atoms. The first-order valence-electron chi connectivity index (χ1n) is 8.56. The van der Waals surface area contributed by atoms with Crippen molar-refractivity contribution in [3.63, 3.8) is 0 Å². The van der Waals surface area contributed by atoms with Crippen molar-refractivity contribution in [2.24, 2.45) is 5.92 Å². The van der Waals surface area contributed by atoms with Crippen molar-refractivity contribution in [2.75, 3.05) is 11.9 Å². The molecular weight excluding hydrogens is 332 g/mol. The number of aromatic nitrogens is 4. The zero-order valence-corrected chi connectivity index (χ0v) is 14.3. The molecule has 132 valence electrons. The average molecular weight is 350 g/mol. The van der Waals surface area contributed by atoms with Crippen molar-refractivity contribution < 1.29 is 9.59 Å². The van der Waals surface area contributed by atoms with Crippen LogP contribution in [-0.4, -0.2) is 37.9 Å². The Hall–Kier alpha value is -3.29. The summed E-state index contributed by atoms with van der Waals surface area (Å²) >= 11 is 0. The van der Waals surface area contributed by atoms with Crippen LogP contribution in [0.1, 0.15) is 30.3 Å². The second-order valence-corrected chi connectivity index (χ2v) is 6.20. The Labute approximate surface area is 149 Å². The highest BCUT2D eigenvalue weighted by Gasteiger charge is 2.32. The fourth-order valence-electron chi connectivity index (χ4n) is 2.77. The first-order valence-corrected chi connectivity index (χ1v) is 8.56. The topological polar surface area (TPSA) is 101 Å². The summed E-state index contributed by atoms with van der Waals surface area (Å²) in [5.74, 6) is 0.255. The van der Waals surface area contributed by atoms with Gasteiger partial charge in [0.05, 0.1) is 0 Å². The number of urea groups is 1. The number of amides is 2. The summed E-state index contributed by atoms with van der Waals surface area (Å²) in [7, 11) is 0. The maximum Gasteiger partial charge on any atom is 0.321 e. The zero-order valence-electron chi connectivity index (χ0n) is 14.3. The van der Waals surface area contributed by atoms with E-state index >= 15 is 0 Å². The lowest BCUT2D eigenvalue weighted by molar-refractivity contribution is 0.0960. The molecule has 2 amide bonds. The Morgan fingerprint density at radius 1 is 1.27 bits per heavy atom. The number of ketones is 1. The smallest absolute Gasteiger partial charge is 0.321 e. The first-order chi connectivity index (χ1) is 12.7. The molecule has 0 aromatic carbocycles. The molecule has 1 fully saturated rings. The van der Waals surface area contributed by atoms with E-state index in [2.05, 4.69) is 25.7 Å². The molecule has 0 radical (unpaired) electrons. The van der Waals surface area contributed by atoms with E-state index in [1.807, 2.05) is 31.2 Å². The number of hydrogen-bond donors (Lipinski definition) is 2. The monoisotopic (exact) mass is 350 g/mol. The third-order valence-electron chi connectivity index (χ3n) is 4.20. The highest BCUT2D eigenvalue weighted by atomic mass is 16.2. The lowest BCUT2D eigenvalue weighted by Crippen LogP contribution is -2.28. The largest absolute Gasteiger partial charge is 0.338 e. The van der Waals surface area contributed by atoms with Crippen LogP contribution in [0.15, 0.2) is 36.7 Å². The maximum atomic E-state index is 12.7. The van der Waals surface area contributed by atoms with Crippen LogP contribution < -0.4 is 10.6 Å². The molecule has 2 N–H and O–H groups in total. The van der Waals surface area contributed by atoms with Crippen molar-refractivity contribution in [1.82, 2.24) is 24.9 Å². The highest BCUT2D eigenvalue weighted by Crippen LogP contribution is 2.34. The number of fused-ring (bicyclic) bond motifs is 1. The van der Waals surface area contributed by atoms with Gasteiger partial charge in [-0.2, -0.15) is 4.98 Å². The Morgan fingerprint density at radius 3 is 2.81 bits per heavy atom. The van der Waals surface area contributed by atoms with Crippen molar-refractivity contribution in [2.45, 2.75) is 19.8 Å². The van der Waals surface area contributed by atoms with Gasteiger partial charge < -0.3 is 5.32 Å². The highest BCUT2D eigenvalue weighted by molar-refractivity contribution is 5.99. The number of nitrogens with zero attached hydrogens (tertiary/aromatic N) is 4. The lowest BCUT2D eigenvalue weighted by atomic mass is 10.1. The summed E-state index contributed by atoms with van der Waals surface area (Å²) < 4.78 is 1.50. The standard InChI is InChI=1S/C18H18N6O2/c1-2-20-18(26)22-17-21-15-9-13(12-4-3-7-19-10-12)8-14(24(15)23-17)16(25)11-5-6-11/h3-4,7-11H,2,5-6H2,1H3,(H2,20,22,23,26). The summed E-state index contributed by atoms with van der Waals surface area (Å²) in [4.78, 5) is 32.9. The summed E-state index contributed by atoms with van der Waals surface area (Å²) in [5, 5.41) is 9.51. The minimum absolute atomic E-state index is 0.0475. The van der Waals surface area contributed by atoms with Crippen LogP contribution in [0, 0.1) is 5.92 Å². The molecule has 8 nitrogen and oxygen atoms in total. The van der Waals surface area contributed by atoms with E-state index in [1.165, 1.54) is 4.52 Å². The van der Waals surface area contributed by atoms with Gasteiger partial charge in [0.1, 0.15) is 5.69 Å². The van der Waals surface area contributed by atoms with Crippen molar-refractivity contribution in [3.8, 4) is 11.1 Å². The van der Waals surface area contributed by atoms with Crippen molar-refractivity contribution in [1.29, 1.82) is 0 Å². The average Bonchev–Trinajstić information content (AvgIpc) is 3.41. The molecule has 1 aliphatic carbocycles. The number of pyridine rings is 2. The van der Waals surface area contributed by atoms with Gasteiger partial charge in [0.25, 0.3) is 5.95 Å². The number of anilines is 1. The molecule has 4 rings (SSSR count). The Kier molecular flexibility index (Phi) is 4.08. The summed E-state index contributed by atoms with van der Waals surface area (Å²) in [6.45, 7) is 2.32. The molecule has 0 unspecified atom stereocenters. The van der Waals surface area contributed by atoms with Crippen molar-refractivity contribution in [3.05, 3.63) is 42.4 Å². The Morgan fingerprint density at radius 2 is 2.12 bits per heavy atom. The molecule has 3 aromatic heterocycles. The van der Waals surface area contributed by atoms with Crippen LogP contribution in [0.5, 0.6) is 0 Å². The van der Waals surface area contributed by atoms with Gasteiger partial charge in [0, 0.05) is 30.4 Å². The number of nitrogens with one attached hydrogen (secondary N) is 2. The quantitative estimate of drug-likeness (QED) is 0.689. The zero-order chi connectivity index (χ0) is 18.1. The first kappa shape index (κ1) is 16.2. The molecule has 3 heterocycles. The van der Waals surface area contributed by atoms with Gasteiger partial charge in [-0.1, -0.05) is 6.07 Å². The molecule has 0 spiro atoms. The summed E-state index contributed by atoms with van der Waals surface area (Å²) in [5.41, 5.74) is 2.70.